The van der Waals surface area contributed by atoms with Gasteiger partial charge >= 0.3 is 0 Å². The molecule has 0 saturated carbocycles. The monoisotopic (exact) mass is 368 g/mol. The van der Waals surface area contributed by atoms with Crippen LogP contribution in [0, 0.1) is 19.3 Å². The van der Waals surface area contributed by atoms with Gasteiger partial charge in [0, 0.05) is 31.6 Å². The number of carbonyl (C=O) groups excluding carboxylic acids is 1. The van der Waals surface area contributed by atoms with E-state index in [0.717, 1.165) is 11.1 Å². The van der Waals surface area contributed by atoms with Crippen molar-refractivity contribution >= 4 is 15.9 Å². The number of nitrogens with zero attached hydrogens (tertiary/aromatic N) is 2. The lowest BCUT2D eigenvalue weighted by atomic mass is 9.94. The van der Waals surface area contributed by atoms with Crippen molar-refractivity contribution in [1.29, 1.82) is 0 Å². The SMILES string of the molecule is COc1cc(C)c(C)cc1S(=O)(=O)N1CCN(C(=O)C(C)(C)C)CC1. The van der Waals surface area contributed by atoms with Crippen LogP contribution < -0.4 is 4.74 Å². The van der Waals surface area contributed by atoms with Gasteiger partial charge in [0.2, 0.25) is 15.9 Å². The summed E-state index contributed by atoms with van der Waals surface area (Å²) >= 11 is 0. The molecule has 7 heteroatoms. The van der Waals surface area contributed by atoms with Gasteiger partial charge < -0.3 is 9.64 Å². The van der Waals surface area contributed by atoms with Crippen molar-refractivity contribution in [3.05, 3.63) is 23.3 Å². The summed E-state index contributed by atoms with van der Waals surface area (Å²) in [6, 6.07) is 3.41. The van der Waals surface area contributed by atoms with Crippen LogP contribution in [0.4, 0.5) is 0 Å². The molecule has 1 aliphatic rings. The van der Waals surface area contributed by atoms with E-state index in [0.29, 0.717) is 31.9 Å². The molecule has 1 aliphatic heterocycles. The fraction of sp³-hybridized carbons (Fsp3) is 0.611. The van der Waals surface area contributed by atoms with Gasteiger partial charge in [0.25, 0.3) is 0 Å². The van der Waals surface area contributed by atoms with Crippen molar-refractivity contribution < 1.29 is 17.9 Å². The van der Waals surface area contributed by atoms with Crippen molar-refractivity contribution in [2.45, 2.75) is 39.5 Å². The van der Waals surface area contributed by atoms with Gasteiger partial charge in [0.15, 0.2) is 0 Å². The molecule has 0 radical (unpaired) electrons. The molecule has 1 fully saturated rings. The van der Waals surface area contributed by atoms with Gasteiger partial charge in [-0.2, -0.15) is 4.31 Å². The molecule has 0 atom stereocenters. The van der Waals surface area contributed by atoms with Gasteiger partial charge in [-0.25, -0.2) is 8.42 Å². The molecule has 1 heterocycles. The van der Waals surface area contributed by atoms with E-state index in [4.69, 9.17) is 4.74 Å². The molecule has 1 aromatic rings. The molecule has 0 bridgehead atoms. The van der Waals surface area contributed by atoms with Crippen molar-refractivity contribution in [3.8, 4) is 5.75 Å². The molecule has 0 aliphatic carbocycles. The highest BCUT2D eigenvalue weighted by atomic mass is 32.2. The molecular formula is C18H28N2O4S. The first-order valence-corrected chi connectivity index (χ1v) is 9.87. The smallest absolute Gasteiger partial charge is 0.246 e. The Hall–Kier alpha value is -1.60. The Balaban J connectivity index is 2.23. The predicted octanol–water partition coefficient (Wildman–Crippen LogP) is 2.19. The fourth-order valence-electron chi connectivity index (χ4n) is 2.87. The summed E-state index contributed by atoms with van der Waals surface area (Å²) < 4.78 is 32.8. The second-order valence-corrected chi connectivity index (χ2v) is 9.44. The molecule has 25 heavy (non-hydrogen) atoms. The van der Waals surface area contributed by atoms with Crippen LogP contribution in [0.2, 0.25) is 0 Å². The third kappa shape index (κ3) is 3.98. The van der Waals surface area contributed by atoms with Gasteiger partial charge in [0.1, 0.15) is 10.6 Å². The lowest BCUT2D eigenvalue weighted by Crippen LogP contribution is -2.52. The van der Waals surface area contributed by atoms with E-state index in [-0.39, 0.29) is 10.8 Å². The maximum absolute atomic E-state index is 13.0. The lowest BCUT2D eigenvalue weighted by Gasteiger charge is -2.37. The Morgan fingerprint density at radius 3 is 2.04 bits per heavy atom. The third-order valence-corrected chi connectivity index (χ3v) is 6.49. The van der Waals surface area contributed by atoms with Gasteiger partial charge in [0.05, 0.1) is 7.11 Å². The van der Waals surface area contributed by atoms with Crippen LogP contribution in [0.25, 0.3) is 0 Å². The molecule has 1 amide bonds. The van der Waals surface area contributed by atoms with Crippen LogP contribution in [-0.4, -0.2) is 56.8 Å². The summed E-state index contributed by atoms with van der Waals surface area (Å²) in [6.07, 6.45) is 0. The zero-order valence-electron chi connectivity index (χ0n) is 15.9. The number of rotatable bonds is 3. The normalized spacial score (nSPS) is 16.8. The molecule has 0 unspecified atom stereocenters. The van der Waals surface area contributed by atoms with E-state index in [1.807, 2.05) is 34.6 Å². The Kier molecular flexibility index (Phi) is 5.49. The molecule has 2 rings (SSSR count). The number of methoxy groups -OCH3 is 1. The van der Waals surface area contributed by atoms with Gasteiger partial charge in [-0.05, 0) is 37.1 Å². The number of carbonyl (C=O) groups is 1. The van der Waals surface area contributed by atoms with Gasteiger partial charge in [-0.15, -0.1) is 0 Å². The summed E-state index contributed by atoms with van der Waals surface area (Å²) in [5.41, 5.74) is 1.43. The number of amides is 1. The molecular weight excluding hydrogens is 340 g/mol. The second-order valence-electron chi connectivity index (χ2n) is 7.53. The summed E-state index contributed by atoms with van der Waals surface area (Å²) in [5, 5.41) is 0. The summed E-state index contributed by atoms with van der Waals surface area (Å²) in [4.78, 5) is 14.3. The molecule has 140 valence electrons. The number of hydrogen-bond acceptors (Lipinski definition) is 4. The van der Waals surface area contributed by atoms with E-state index in [9.17, 15) is 13.2 Å². The first kappa shape index (κ1) is 19.7. The van der Waals surface area contributed by atoms with Crippen LogP contribution in [0.3, 0.4) is 0 Å². The molecule has 1 aromatic carbocycles. The summed E-state index contributed by atoms with van der Waals surface area (Å²) in [7, 11) is -2.18. The van der Waals surface area contributed by atoms with E-state index >= 15 is 0 Å². The van der Waals surface area contributed by atoms with E-state index in [1.165, 1.54) is 11.4 Å². The van der Waals surface area contributed by atoms with Crippen molar-refractivity contribution in [1.82, 2.24) is 9.21 Å². The van der Waals surface area contributed by atoms with E-state index < -0.39 is 15.4 Å². The van der Waals surface area contributed by atoms with E-state index in [2.05, 4.69) is 0 Å². The number of piperazine rings is 1. The van der Waals surface area contributed by atoms with Crippen molar-refractivity contribution in [3.63, 3.8) is 0 Å². The molecule has 0 N–H and O–H groups in total. The average molecular weight is 368 g/mol. The Morgan fingerprint density at radius 1 is 1.04 bits per heavy atom. The summed E-state index contributed by atoms with van der Waals surface area (Å²) in [5.74, 6) is 0.407. The molecule has 1 saturated heterocycles. The highest BCUT2D eigenvalue weighted by Crippen LogP contribution is 2.30. The van der Waals surface area contributed by atoms with Gasteiger partial charge in [-0.3, -0.25) is 4.79 Å². The standard InChI is InChI=1S/C18H28N2O4S/c1-13-11-15(24-6)16(12-14(13)2)25(22,23)20-9-7-19(8-10-20)17(21)18(3,4)5/h11-12H,7-10H2,1-6H3. The third-order valence-electron chi connectivity index (χ3n) is 4.57. The lowest BCUT2D eigenvalue weighted by molar-refractivity contribution is -0.140. The summed E-state index contributed by atoms with van der Waals surface area (Å²) in [6.45, 7) is 10.8. The zero-order chi connectivity index (χ0) is 19.0. The number of sulfonamides is 1. The van der Waals surface area contributed by atoms with Crippen LogP contribution >= 0.6 is 0 Å². The fourth-order valence-corrected chi connectivity index (χ4v) is 4.51. The van der Waals surface area contributed by atoms with Crippen molar-refractivity contribution in [2.75, 3.05) is 33.3 Å². The highest BCUT2D eigenvalue weighted by Gasteiger charge is 2.35. The number of hydrogen-bond donors (Lipinski definition) is 0. The van der Waals surface area contributed by atoms with E-state index in [1.54, 1.807) is 17.0 Å². The van der Waals surface area contributed by atoms with Gasteiger partial charge in [-0.1, -0.05) is 20.8 Å². The first-order chi connectivity index (χ1) is 11.5. The van der Waals surface area contributed by atoms with Crippen LogP contribution in [-0.2, 0) is 14.8 Å². The maximum Gasteiger partial charge on any atom is 0.246 e. The maximum atomic E-state index is 13.0. The zero-order valence-corrected chi connectivity index (χ0v) is 16.7. The minimum atomic E-state index is -3.66. The largest absolute Gasteiger partial charge is 0.495 e. The Morgan fingerprint density at radius 2 is 1.56 bits per heavy atom. The number of benzene rings is 1. The highest BCUT2D eigenvalue weighted by molar-refractivity contribution is 7.89. The number of aryl methyl sites for hydroxylation is 2. The quantitative estimate of drug-likeness (QED) is 0.820. The second kappa shape index (κ2) is 6.96. The average Bonchev–Trinajstić information content (AvgIpc) is 2.55. The predicted molar refractivity (Wildman–Crippen MR) is 97.3 cm³/mol. The number of ether oxygens (including phenoxy) is 1. The minimum absolute atomic E-state index is 0.0494. The Bertz CT molecular complexity index is 758. The Labute approximate surface area is 150 Å². The van der Waals surface area contributed by atoms with Crippen LogP contribution in [0.5, 0.6) is 5.75 Å². The topological polar surface area (TPSA) is 66.9 Å². The van der Waals surface area contributed by atoms with Crippen LogP contribution in [0.15, 0.2) is 17.0 Å². The molecule has 0 spiro atoms. The molecule has 6 nitrogen and oxygen atoms in total. The first-order valence-electron chi connectivity index (χ1n) is 8.43. The van der Waals surface area contributed by atoms with Crippen molar-refractivity contribution in [2.24, 2.45) is 5.41 Å². The van der Waals surface area contributed by atoms with Crippen LogP contribution in [0.1, 0.15) is 31.9 Å². The minimum Gasteiger partial charge on any atom is -0.495 e. The molecule has 0 aromatic heterocycles.